The molecule has 3 saturated heterocycles. The van der Waals surface area contributed by atoms with E-state index in [0.717, 1.165) is 108 Å². The lowest BCUT2D eigenvalue weighted by molar-refractivity contribution is 0.0559. The van der Waals surface area contributed by atoms with Gasteiger partial charge in [-0.2, -0.15) is 0 Å². The first kappa shape index (κ1) is 76.2. The maximum Gasteiger partial charge on any atom is 0.319 e. The summed E-state index contributed by atoms with van der Waals surface area (Å²) >= 11 is 0. The monoisotopic (exact) mass is 1360 g/mol. The first-order valence-electron chi connectivity index (χ1n) is 37.0. The van der Waals surface area contributed by atoms with Crippen molar-refractivity contribution in [3.63, 3.8) is 0 Å². The number of ether oxygens (including phenoxy) is 1. The van der Waals surface area contributed by atoms with Gasteiger partial charge in [0.25, 0.3) is 0 Å². The molecule has 0 aromatic heterocycles. The highest BCUT2D eigenvalue weighted by atomic mass is 19.1. The molecule has 3 heterocycles. The molecule has 5 aliphatic rings. The third kappa shape index (κ3) is 23.8. The first-order valence-corrected chi connectivity index (χ1v) is 37.0. The zero-order valence-electron chi connectivity index (χ0n) is 61.4. The Morgan fingerprint density at radius 1 is 0.485 bits per heavy atom. The van der Waals surface area contributed by atoms with Crippen molar-refractivity contribution < 1.29 is 27.4 Å². The summed E-state index contributed by atoms with van der Waals surface area (Å²) < 4.78 is 31.6. The number of nitrogens with one attached hydrogen (secondary N) is 5. The number of carbonyl (C=O) groups excluding carboxylic acids is 2. The average Bonchev–Trinajstić information content (AvgIpc) is 0.830. The summed E-state index contributed by atoms with van der Waals surface area (Å²) in [5.74, 6) is 0.288. The van der Waals surface area contributed by atoms with Crippen LogP contribution in [0.1, 0.15) is 162 Å². The maximum atomic E-state index is 13.2. The van der Waals surface area contributed by atoms with Crippen LogP contribution < -0.4 is 36.2 Å². The maximum absolute atomic E-state index is 13.2. The molecule has 3 aliphatic heterocycles. The van der Waals surface area contributed by atoms with Crippen LogP contribution in [0.4, 0.5) is 35.4 Å². The Kier molecular flexibility index (Phi) is 29.0. The molecule has 0 radical (unpaired) electrons. The molecule has 17 heteroatoms. The largest absolute Gasteiger partial charge is 0.497 e. The Hall–Kier alpha value is -6.96. The molecule has 6 aromatic rings. The Morgan fingerprint density at radius 2 is 0.848 bits per heavy atom. The Labute approximate surface area is 597 Å². The zero-order chi connectivity index (χ0) is 70.3. The third-order valence-electron chi connectivity index (χ3n) is 21.1. The first-order chi connectivity index (χ1) is 47.6. The highest BCUT2D eigenvalue weighted by molar-refractivity contribution is 5.89. The van der Waals surface area contributed by atoms with Gasteiger partial charge < -0.3 is 41.1 Å². The summed E-state index contributed by atoms with van der Waals surface area (Å²) in [5, 5.41) is 15.4. The van der Waals surface area contributed by atoms with E-state index in [1.807, 2.05) is 14.1 Å². The standard InChI is InChI=1S/C31H47N3O.C29H41FN4O.C22H30FN5O.3H2/c1-31(2,3)27-14-10-25(11-15-27)18-19-32-24-30(26-12-16-29(35-4)17-13-26)34-22-20-33(21-23-34)28-8-6-5-7-9-28;1-29(2,3)23-11-9-22(10-12-23)27(21-31-28(35)32-25-15-13-24(30)14-16-25)34-19-17-33(18-20-34)26-7-5-4-6-8-26;1-26(2)20-10-4-17(5-11-20)21(28-14-12-27(3)13-15-28)16-24-22(29)25-19-8-6-18(23)7-9-19;;;/h10-17,28,30,32H,5-9,18-24H2,1-4H3;9-16,26-27H,4-8,17-21H2,1-3H3,(H2,31,32,35);4-11,21H,12-16H2,1-3H3,(H2,24,25,29);3*1H. The van der Waals surface area contributed by atoms with Crippen molar-refractivity contribution in [1.29, 1.82) is 0 Å². The van der Waals surface area contributed by atoms with Crippen molar-refractivity contribution >= 4 is 29.1 Å². The van der Waals surface area contributed by atoms with Gasteiger partial charge in [-0.25, -0.2) is 18.4 Å². The number of piperazine rings is 3. The summed E-state index contributed by atoms with van der Waals surface area (Å²) in [5.41, 5.74) is 10.5. The highest BCUT2D eigenvalue weighted by Crippen LogP contribution is 2.32. The van der Waals surface area contributed by atoms with E-state index in [0.29, 0.717) is 30.5 Å². The second-order valence-corrected chi connectivity index (χ2v) is 30.3. The molecule has 4 amide bonds. The predicted molar refractivity (Wildman–Crippen MR) is 411 cm³/mol. The van der Waals surface area contributed by atoms with Crippen LogP contribution in [0.3, 0.4) is 0 Å². The van der Waals surface area contributed by atoms with Crippen LogP contribution in [0.5, 0.6) is 5.75 Å². The minimum Gasteiger partial charge on any atom is -0.497 e. The van der Waals surface area contributed by atoms with Crippen LogP contribution in [0.25, 0.3) is 0 Å². The zero-order valence-corrected chi connectivity index (χ0v) is 61.4. The number of nitrogens with zero attached hydrogens (tertiary/aromatic N) is 7. The van der Waals surface area contributed by atoms with Crippen LogP contribution in [0.2, 0.25) is 0 Å². The van der Waals surface area contributed by atoms with Gasteiger partial charge in [-0.15, -0.1) is 0 Å². The summed E-state index contributed by atoms with van der Waals surface area (Å²) in [7, 11) is 7.92. The Balaban J connectivity index is 0.000000238. The minimum absolute atomic E-state index is 0. The Morgan fingerprint density at radius 3 is 1.23 bits per heavy atom. The summed E-state index contributed by atoms with van der Waals surface area (Å²) in [6, 6.07) is 48.5. The number of halogens is 2. The number of amides is 4. The van der Waals surface area contributed by atoms with Gasteiger partial charge in [0.1, 0.15) is 17.4 Å². The molecule has 2 aliphatic carbocycles. The van der Waals surface area contributed by atoms with Crippen LogP contribution in [-0.2, 0) is 17.3 Å². The van der Waals surface area contributed by atoms with Crippen molar-refractivity contribution in [2.75, 3.05) is 149 Å². The van der Waals surface area contributed by atoms with Gasteiger partial charge in [-0.05, 0) is 163 Å². The average molecular weight is 1360 g/mol. The molecular formula is C82H124F2N12O3. The van der Waals surface area contributed by atoms with E-state index < -0.39 is 0 Å². The van der Waals surface area contributed by atoms with E-state index in [1.54, 1.807) is 31.4 Å². The molecule has 3 atom stereocenters. The number of hydrogen-bond donors (Lipinski definition) is 5. The summed E-state index contributed by atoms with van der Waals surface area (Å²) in [6.07, 6.45) is 14.9. The van der Waals surface area contributed by atoms with Gasteiger partial charge in [-0.3, -0.25) is 24.5 Å². The fourth-order valence-electron chi connectivity index (χ4n) is 14.7. The number of methoxy groups -OCH3 is 1. The van der Waals surface area contributed by atoms with Crippen LogP contribution in [0, 0.1) is 11.6 Å². The second-order valence-electron chi connectivity index (χ2n) is 30.3. The lowest BCUT2D eigenvalue weighted by atomic mass is 9.86. The van der Waals surface area contributed by atoms with Gasteiger partial charge in [0, 0.05) is 152 Å². The molecule has 2 saturated carbocycles. The third-order valence-corrected chi connectivity index (χ3v) is 21.1. The van der Waals surface area contributed by atoms with Crippen LogP contribution in [0.15, 0.2) is 146 Å². The van der Waals surface area contributed by atoms with Crippen molar-refractivity contribution in [1.82, 2.24) is 45.3 Å². The molecule has 0 bridgehead atoms. The minimum atomic E-state index is -0.327. The van der Waals surface area contributed by atoms with E-state index in [4.69, 9.17) is 4.74 Å². The lowest BCUT2D eigenvalue weighted by Gasteiger charge is -2.43. The normalized spacial score (nSPS) is 18.5. The molecule has 5 fully saturated rings. The topological polar surface area (TPSA) is 126 Å². The van der Waals surface area contributed by atoms with Crippen molar-refractivity contribution in [2.45, 2.75) is 153 Å². The van der Waals surface area contributed by atoms with Gasteiger partial charge in [0.15, 0.2) is 0 Å². The number of urea groups is 2. The van der Waals surface area contributed by atoms with Crippen molar-refractivity contribution in [2.24, 2.45) is 0 Å². The molecule has 5 N–H and O–H groups in total. The number of anilines is 3. The number of hydrogen-bond acceptors (Lipinski definition) is 11. The van der Waals surface area contributed by atoms with Gasteiger partial charge in [0.05, 0.1) is 19.2 Å². The molecule has 0 spiro atoms. The van der Waals surface area contributed by atoms with E-state index >= 15 is 0 Å². The summed E-state index contributed by atoms with van der Waals surface area (Å²) in [4.78, 5) is 42.5. The van der Waals surface area contributed by atoms with E-state index in [2.05, 4.69) is 207 Å². The van der Waals surface area contributed by atoms with E-state index in [-0.39, 0.29) is 50.9 Å². The highest BCUT2D eigenvalue weighted by Gasteiger charge is 2.32. The molecule has 99 heavy (non-hydrogen) atoms. The number of likely N-dealkylation sites (N-methyl/N-ethyl adjacent to an activating group) is 1. The van der Waals surface area contributed by atoms with E-state index in [9.17, 15) is 18.4 Å². The fraction of sp³-hybridized carbons (Fsp3) is 0.537. The second kappa shape index (κ2) is 37.6. The number of carbonyl (C=O) groups is 2. The number of rotatable bonds is 21. The molecule has 15 nitrogen and oxygen atoms in total. The summed E-state index contributed by atoms with van der Waals surface area (Å²) in [6.45, 7) is 29.3. The van der Waals surface area contributed by atoms with Crippen molar-refractivity contribution in [3.05, 3.63) is 191 Å². The van der Waals surface area contributed by atoms with Gasteiger partial charge >= 0.3 is 12.1 Å². The van der Waals surface area contributed by atoms with Gasteiger partial charge in [-0.1, -0.05) is 153 Å². The molecule has 3 unspecified atom stereocenters. The SMILES string of the molecule is CC(C)(C)c1ccc(C(CNC(=O)Nc2ccc(F)cc2)N2CCN(C3CCCCC3)CC2)cc1.CN1CCN(C(CNC(=O)Nc2ccc(F)cc2)c2ccc(N(C)C)cc2)CC1.COc1ccc(C(CNCCc2ccc(C(C)(C)C)cc2)N2CCN(C3CCCCC3)CC2)cc1.[HH].[HH].[HH]. The molecular weight excluding hydrogens is 1240 g/mol. The smallest absolute Gasteiger partial charge is 0.319 e. The van der Waals surface area contributed by atoms with Crippen LogP contribution in [-0.4, -0.2) is 187 Å². The van der Waals surface area contributed by atoms with Crippen molar-refractivity contribution in [3.8, 4) is 5.75 Å². The molecule has 544 valence electrons. The predicted octanol–water partition coefficient (Wildman–Crippen LogP) is 15.5. The number of benzene rings is 6. The Bertz CT molecular complexity index is 3330. The molecule has 11 rings (SSSR count). The fourth-order valence-corrected chi connectivity index (χ4v) is 14.7. The van der Waals surface area contributed by atoms with Crippen LogP contribution >= 0.6 is 0 Å². The van der Waals surface area contributed by atoms with E-state index in [1.165, 1.54) is 135 Å². The molecule has 6 aromatic carbocycles. The lowest BCUT2D eigenvalue weighted by Crippen LogP contribution is -2.53. The van der Waals surface area contributed by atoms with Gasteiger partial charge in [0.2, 0.25) is 0 Å². The quantitative estimate of drug-likeness (QED) is 0.0442.